The summed E-state index contributed by atoms with van der Waals surface area (Å²) in [4.78, 5) is 0. The first-order valence-electron chi connectivity index (χ1n) is 11.0. The van der Waals surface area contributed by atoms with E-state index in [-0.39, 0.29) is 51.0 Å². The molecule has 165 valence electrons. The summed E-state index contributed by atoms with van der Waals surface area (Å²) in [7, 11) is 0. The van der Waals surface area contributed by atoms with E-state index in [0.29, 0.717) is 5.92 Å². The van der Waals surface area contributed by atoms with Gasteiger partial charge in [-0.1, -0.05) is 116 Å². The Kier molecular flexibility index (Phi) is 8.48. The first-order valence-corrected chi connectivity index (χ1v) is 11.0. The van der Waals surface area contributed by atoms with Gasteiger partial charge < -0.3 is 24.8 Å². The number of halogens is 2. The average Bonchev–Trinajstić information content (AvgIpc) is 3.35. The Balaban J connectivity index is 0.00000108. The molecule has 5 aromatic rings. The SMILES string of the molecule is CC1C(c2ccccc2)=C(c2c(-c3ccccc3)[cH-]c3ccccc23)c2ccccc21.[Cl-].[Cl-].[Zr+3]. The number of hydrogen-bond donors (Lipinski definition) is 0. The molecule has 1 radical (unpaired) electrons. The Labute approximate surface area is 233 Å². The molecule has 1 atom stereocenters. The zero-order chi connectivity index (χ0) is 20.8. The second kappa shape index (κ2) is 11.0. The molecule has 0 bridgehead atoms. The largest absolute Gasteiger partial charge is 3.00 e. The number of fused-ring (bicyclic) bond motifs is 2. The van der Waals surface area contributed by atoms with Crippen molar-refractivity contribution in [3.8, 4) is 11.1 Å². The first kappa shape index (κ1) is 26.3. The molecule has 0 aromatic heterocycles. The Bertz CT molecular complexity index is 1430. The summed E-state index contributed by atoms with van der Waals surface area (Å²) in [6.45, 7) is 2.35. The third-order valence-corrected chi connectivity index (χ3v) is 6.62. The van der Waals surface area contributed by atoms with Crippen LogP contribution in [0.15, 0.2) is 115 Å². The van der Waals surface area contributed by atoms with Crippen LogP contribution in [0.25, 0.3) is 33.0 Å². The number of benzene rings is 4. The van der Waals surface area contributed by atoms with Crippen LogP contribution in [0, 0.1) is 0 Å². The van der Waals surface area contributed by atoms with Crippen molar-refractivity contribution in [1.29, 1.82) is 0 Å². The summed E-state index contributed by atoms with van der Waals surface area (Å²) in [5.74, 6) is 0.353. The quantitative estimate of drug-likeness (QED) is 0.299. The van der Waals surface area contributed by atoms with Crippen LogP contribution >= 0.6 is 0 Å². The molecule has 0 fully saturated rings. The number of hydrogen-bond acceptors (Lipinski definition) is 0. The molecule has 0 saturated carbocycles. The maximum Gasteiger partial charge on any atom is 3.00 e. The van der Waals surface area contributed by atoms with Gasteiger partial charge in [-0.2, -0.15) is 0 Å². The second-order valence-electron chi connectivity index (χ2n) is 8.35. The molecule has 1 unspecified atom stereocenters. The van der Waals surface area contributed by atoms with E-state index in [1.165, 1.54) is 55.3 Å². The van der Waals surface area contributed by atoms with Gasteiger partial charge in [-0.15, -0.1) is 34.0 Å². The van der Waals surface area contributed by atoms with Crippen LogP contribution in [0.3, 0.4) is 0 Å². The van der Waals surface area contributed by atoms with Gasteiger partial charge in [0.2, 0.25) is 0 Å². The van der Waals surface area contributed by atoms with Crippen molar-refractivity contribution in [3.63, 3.8) is 0 Å². The molecule has 1 aliphatic carbocycles. The van der Waals surface area contributed by atoms with Crippen LogP contribution in [0.1, 0.15) is 35.1 Å². The normalized spacial score (nSPS) is 14.1. The molecule has 34 heavy (non-hydrogen) atoms. The number of rotatable bonds is 3. The molecule has 0 N–H and O–H groups in total. The van der Waals surface area contributed by atoms with Crippen molar-refractivity contribution < 1.29 is 51.0 Å². The fourth-order valence-corrected chi connectivity index (χ4v) is 5.24. The van der Waals surface area contributed by atoms with Crippen LogP contribution in [0.2, 0.25) is 0 Å². The fourth-order valence-electron chi connectivity index (χ4n) is 5.24. The van der Waals surface area contributed by atoms with Crippen LogP contribution < -0.4 is 24.8 Å². The van der Waals surface area contributed by atoms with E-state index in [2.05, 4.69) is 122 Å². The molecule has 0 aliphatic heterocycles. The van der Waals surface area contributed by atoms with Gasteiger partial charge in [0.25, 0.3) is 0 Å². The third-order valence-electron chi connectivity index (χ3n) is 6.62. The predicted octanol–water partition coefficient (Wildman–Crippen LogP) is 2.31. The van der Waals surface area contributed by atoms with Crippen molar-refractivity contribution in [2.24, 2.45) is 0 Å². The minimum Gasteiger partial charge on any atom is -1.00 e. The summed E-state index contributed by atoms with van der Waals surface area (Å²) in [6.07, 6.45) is 0. The van der Waals surface area contributed by atoms with Gasteiger partial charge in [-0.05, 0) is 27.8 Å². The molecular formula is C31H23Cl2Zr. The summed E-state index contributed by atoms with van der Waals surface area (Å²) in [5.41, 5.74) is 10.8. The van der Waals surface area contributed by atoms with Gasteiger partial charge in [0.15, 0.2) is 0 Å². The molecular weight excluding hydrogens is 534 g/mol. The van der Waals surface area contributed by atoms with E-state index in [9.17, 15) is 0 Å². The van der Waals surface area contributed by atoms with Gasteiger partial charge in [0, 0.05) is 5.92 Å². The molecule has 0 heterocycles. The molecule has 0 saturated heterocycles. The van der Waals surface area contributed by atoms with Crippen molar-refractivity contribution >= 4 is 21.9 Å². The average molecular weight is 558 g/mol. The molecule has 1 aliphatic rings. The third kappa shape index (κ3) is 4.27. The van der Waals surface area contributed by atoms with Crippen LogP contribution in [-0.4, -0.2) is 0 Å². The van der Waals surface area contributed by atoms with Crippen LogP contribution in [0.5, 0.6) is 0 Å². The number of allylic oxidation sites excluding steroid dienone is 1. The van der Waals surface area contributed by atoms with Crippen LogP contribution in [0.4, 0.5) is 0 Å². The van der Waals surface area contributed by atoms with Crippen molar-refractivity contribution in [2.75, 3.05) is 0 Å². The summed E-state index contributed by atoms with van der Waals surface area (Å²) in [5, 5.41) is 2.63. The van der Waals surface area contributed by atoms with Gasteiger partial charge in [-0.25, -0.2) is 0 Å². The molecule has 3 heteroatoms. The second-order valence-corrected chi connectivity index (χ2v) is 8.35. The molecule has 0 spiro atoms. The first-order chi connectivity index (χ1) is 15.3. The van der Waals surface area contributed by atoms with Gasteiger partial charge in [0.05, 0.1) is 0 Å². The molecule has 0 amide bonds. The van der Waals surface area contributed by atoms with Crippen molar-refractivity contribution in [1.82, 2.24) is 0 Å². The standard InChI is InChI=1S/C31H23.2ClH.Zr/c1-21-25-17-10-11-19-27(25)31(29(21)23-14-6-3-7-15-23)30-26-18-9-8-16-24(26)20-28(30)22-12-4-2-5-13-22;;;/h2-21H,1H3;2*1H;/q-1;;;+3/p-2. The van der Waals surface area contributed by atoms with Crippen molar-refractivity contribution in [2.45, 2.75) is 12.8 Å². The molecule has 5 aromatic carbocycles. The molecule has 6 rings (SSSR count). The minimum absolute atomic E-state index is 0. The monoisotopic (exact) mass is 555 g/mol. The summed E-state index contributed by atoms with van der Waals surface area (Å²) < 4.78 is 0. The summed E-state index contributed by atoms with van der Waals surface area (Å²) in [6, 6.07) is 41.8. The van der Waals surface area contributed by atoms with Crippen LogP contribution in [-0.2, 0) is 26.2 Å². The molecule has 0 nitrogen and oxygen atoms in total. The van der Waals surface area contributed by atoms with Gasteiger partial charge in [-0.3, -0.25) is 0 Å². The maximum atomic E-state index is 2.36. The Morgan fingerprint density at radius 1 is 0.618 bits per heavy atom. The topological polar surface area (TPSA) is 0 Å². The minimum atomic E-state index is 0. The zero-order valence-electron chi connectivity index (χ0n) is 18.8. The van der Waals surface area contributed by atoms with E-state index in [0.717, 1.165) is 0 Å². The smallest absolute Gasteiger partial charge is 1.00 e. The van der Waals surface area contributed by atoms with E-state index < -0.39 is 0 Å². The Hall–Kier alpha value is -2.31. The van der Waals surface area contributed by atoms with E-state index in [1.54, 1.807) is 0 Å². The van der Waals surface area contributed by atoms with E-state index in [1.807, 2.05) is 0 Å². The Morgan fingerprint density at radius 2 is 1.18 bits per heavy atom. The van der Waals surface area contributed by atoms with Gasteiger partial charge >= 0.3 is 26.2 Å². The Morgan fingerprint density at radius 3 is 1.88 bits per heavy atom. The fraction of sp³-hybridized carbons (Fsp3) is 0.0645. The van der Waals surface area contributed by atoms with Gasteiger partial charge in [0.1, 0.15) is 0 Å². The maximum absolute atomic E-state index is 2.36. The van der Waals surface area contributed by atoms with E-state index in [4.69, 9.17) is 0 Å². The zero-order valence-corrected chi connectivity index (χ0v) is 22.8. The van der Waals surface area contributed by atoms with Crippen molar-refractivity contribution in [3.05, 3.63) is 138 Å². The van der Waals surface area contributed by atoms with E-state index >= 15 is 0 Å². The summed E-state index contributed by atoms with van der Waals surface area (Å²) >= 11 is 0. The predicted molar refractivity (Wildman–Crippen MR) is 132 cm³/mol.